The van der Waals surface area contributed by atoms with E-state index in [1.54, 1.807) is 13.0 Å². The Kier molecular flexibility index (Phi) is 3.31. The quantitative estimate of drug-likeness (QED) is 0.578. The molecule has 2 atom stereocenters. The van der Waals surface area contributed by atoms with Crippen molar-refractivity contribution in [1.82, 2.24) is 0 Å². The number of hydrogen-bond acceptors (Lipinski definition) is 2. The summed E-state index contributed by atoms with van der Waals surface area (Å²) in [6, 6.07) is 2.01. The van der Waals surface area contributed by atoms with Crippen LogP contribution >= 0.6 is 0 Å². The van der Waals surface area contributed by atoms with Crippen LogP contribution in [0, 0.1) is 11.3 Å². The second kappa shape index (κ2) is 3.52. The Hall–Kier alpha value is -0.620. The minimum Gasteiger partial charge on any atom is -0.258 e. The van der Waals surface area contributed by atoms with E-state index < -0.39 is 15.5 Å². The number of rotatable bonds is 3. The van der Waals surface area contributed by atoms with Gasteiger partial charge in [-0.3, -0.25) is 4.21 Å². The van der Waals surface area contributed by atoms with Gasteiger partial charge in [0.25, 0.3) is 0 Å². The van der Waals surface area contributed by atoms with Crippen molar-refractivity contribution in [2.45, 2.75) is 18.1 Å². The van der Waals surface area contributed by atoms with E-state index in [2.05, 4.69) is 6.58 Å². The summed E-state index contributed by atoms with van der Waals surface area (Å²) < 4.78 is 10.2. The van der Waals surface area contributed by atoms with Crippen LogP contribution in [0.25, 0.3) is 0 Å². The molecule has 0 unspecified atom stereocenters. The van der Waals surface area contributed by atoms with Gasteiger partial charge in [0.15, 0.2) is 0 Å². The van der Waals surface area contributed by atoms with Gasteiger partial charge in [-0.1, -0.05) is 6.08 Å². The minimum absolute atomic E-state index is 0.479. The van der Waals surface area contributed by atoms with Crippen molar-refractivity contribution in [2.24, 2.45) is 0 Å². The van der Waals surface area contributed by atoms with Crippen molar-refractivity contribution in [2.75, 3.05) is 6.26 Å². The summed E-state index contributed by atoms with van der Waals surface area (Å²) in [7, 11) is -1.10. The lowest BCUT2D eigenvalue weighted by Crippen LogP contribution is -2.26. The van der Waals surface area contributed by atoms with Gasteiger partial charge in [-0.15, -0.1) is 6.58 Å². The highest BCUT2D eigenvalue weighted by molar-refractivity contribution is 7.86. The average molecular weight is 157 g/mol. The van der Waals surface area contributed by atoms with Crippen molar-refractivity contribution in [1.29, 1.82) is 5.26 Å². The van der Waals surface area contributed by atoms with E-state index in [-0.39, 0.29) is 0 Å². The van der Waals surface area contributed by atoms with Crippen LogP contribution in [-0.2, 0) is 10.8 Å². The molecular weight excluding hydrogens is 146 g/mol. The Morgan fingerprint density at radius 3 is 2.50 bits per heavy atom. The molecule has 2 nitrogen and oxygen atoms in total. The second-order valence-electron chi connectivity index (χ2n) is 2.29. The molecule has 0 aromatic carbocycles. The fraction of sp³-hybridized carbons (Fsp3) is 0.571. The second-order valence-corrected chi connectivity index (χ2v) is 4.10. The Labute approximate surface area is 64.0 Å². The molecule has 0 fully saturated rings. The van der Waals surface area contributed by atoms with Crippen LogP contribution in [0.1, 0.15) is 13.3 Å². The van der Waals surface area contributed by atoms with E-state index in [0.29, 0.717) is 6.42 Å². The monoisotopic (exact) mass is 157 g/mol. The Morgan fingerprint density at radius 1 is 1.90 bits per heavy atom. The molecule has 3 heteroatoms. The molecule has 0 radical (unpaired) electrons. The van der Waals surface area contributed by atoms with Crippen LogP contribution in [0.2, 0.25) is 0 Å². The van der Waals surface area contributed by atoms with E-state index in [0.717, 1.165) is 0 Å². The van der Waals surface area contributed by atoms with E-state index in [9.17, 15) is 4.21 Å². The first-order valence-corrected chi connectivity index (χ1v) is 4.48. The van der Waals surface area contributed by atoms with E-state index in [1.165, 1.54) is 6.26 Å². The van der Waals surface area contributed by atoms with Crippen LogP contribution in [0.4, 0.5) is 0 Å². The molecular formula is C7H11NOS. The van der Waals surface area contributed by atoms with E-state index in [4.69, 9.17) is 5.26 Å². The smallest absolute Gasteiger partial charge is 0.132 e. The molecule has 56 valence electrons. The fourth-order valence-corrected chi connectivity index (χ4v) is 0.984. The predicted molar refractivity (Wildman–Crippen MR) is 42.9 cm³/mol. The molecule has 0 saturated heterocycles. The van der Waals surface area contributed by atoms with Crippen LogP contribution in [0.5, 0.6) is 0 Å². The van der Waals surface area contributed by atoms with E-state index in [1.807, 2.05) is 6.07 Å². The van der Waals surface area contributed by atoms with Gasteiger partial charge in [-0.25, -0.2) is 0 Å². The standard InChI is InChI=1S/C7H11NOS/c1-4-5-7(2,6-8)10(3)9/h4H,1,5H2,2-3H3/t7-,10-/m1/s1. The molecule has 0 amide bonds. The van der Waals surface area contributed by atoms with Crippen molar-refractivity contribution >= 4 is 10.8 Å². The van der Waals surface area contributed by atoms with Crippen LogP contribution < -0.4 is 0 Å². The molecule has 0 rings (SSSR count). The maximum Gasteiger partial charge on any atom is 0.132 e. The maximum atomic E-state index is 10.9. The zero-order valence-corrected chi connectivity index (χ0v) is 7.07. The summed E-state index contributed by atoms with van der Waals surface area (Å²) in [4.78, 5) is 0. The van der Waals surface area contributed by atoms with E-state index >= 15 is 0 Å². The molecule has 0 aromatic rings. The van der Waals surface area contributed by atoms with Crippen LogP contribution in [0.3, 0.4) is 0 Å². The van der Waals surface area contributed by atoms with Gasteiger partial charge in [0.2, 0.25) is 0 Å². The molecule has 0 heterocycles. The first-order chi connectivity index (χ1) is 4.56. The van der Waals surface area contributed by atoms with Crippen molar-refractivity contribution in [3.63, 3.8) is 0 Å². The summed E-state index contributed by atoms with van der Waals surface area (Å²) in [6.07, 6.45) is 3.63. The van der Waals surface area contributed by atoms with Gasteiger partial charge in [-0.2, -0.15) is 5.26 Å². The van der Waals surface area contributed by atoms with Gasteiger partial charge in [0, 0.05) is 17.1 Å². The third-order valence-corrected chi connectivity index (χ3v) is 2.93. The van der Waals surface area contributed by atoms with Crippen LogP contribution in [-0.4, -0.2) is 15.2 Å². The highest BCUT2D eigenvalue weighted by Gasteiger charge is 2.26. The first-order valence-electron chi connectivity index (χ1n) is 2.92. The highest BCUT2D eigenvalue weighted by atomic mass is 32.2. The Bertz CT molecular complexity index is 194. The third-order valence-electron chi connectivity index (χ3n) is 1.40. The lowest BCUT2D eigenvalue weighted by Gasteiger charge is -2.14. The first kappa shape index (κ1) is 9.38. The summed E-state index contributed by atoms with van der Waals surface area (Å²) in [6.45, 7) is 5.16. The molecule has 0 bridgehead atoms. The SMILES string of the molecule is C=CC[C@](C)(C#N)[S@@](C)=O. The Balaban J connectivity index is 4.42. The van der Waals surface area contributed by atoms with Gasteiger partial charge >= 0.3 is 0 Å². The normalized spacial score (nSPS) is 18.5. The minimum atomic E-state index is -1.10. The molecule has 0 aliphatic rings. The summed E-state index contributed by atoms with van der Waals surface area (Å²) in [5, 5.41) is 8.60. The van der Waals surface area contributed by atoms with Crippen molar-refractivity contribution in [3.05, 3.63) is 12.7 Å². The van der Waals surface area contributed by atoms with Crippen LogP contribution in [0.15, 0.2) is 12.7 Å². The number of nitriles is 1. The fourth-order valence-electron chi connectivity index (χ4n) is 0.503. The predicted octanol–water partition coefficient (Wildman–Crippen LogP) is 1.22. The molecule has 0 aliphatic carbocycles. The summed E-state index contributed by atoms with van der Waals surface area (Å²) in [5.74, 6) is 0. The van der Waals surface area contributed by atoms with Gasteiger partial charge < -0.3 is 0 Å². The van der Waals surface area contributed by atoms with Crippen molar-refractivity contribution in [3.8, 4) is 6.07 Å². The topological polar surface area (TPSA) is 40.9 Å². The average Bonchev–Trinajstić information content (AvgIpc) is 1.88. The molecule has 0 aliphatic heterocycles. The zero-order chi connectivity index (χ0) is 8.20. The summed E-state index contributed by atoms with van der Waals surface area (Å²) >= 11 is 0. The van der Waals surface area contributed by atoms with Gasteiger partial charge in [0.05, 0.1) is 6.07 Å². The third kappa shape index (κ3) is 1.96. The number of nitrogens with zero attached hydrogens (tertiary/aromatic N) is 1. The highest BCUT2D eigenvalue weighted by Crippen LogP contribution is 2.15. The zero-order valence-electron chi connectivity index (χ0n) is 6.26. The number of allylic oxidation sites excluding steroid dienone is 1. The maximum absolute atomic E-state index is 10.9. The number of hydrogen-bond donors (Lipinski definition) is 0. The van der Waals surface area contributed by atoms with Crippen molar-refractivity contribution < 1.29 is 4.21 Å². The van der Waals surface area contributed by atoms with Gasteiger partial charge in [-0.05, 0) is 13.3 Å². The Morgan fingerprint density at radius 2 is 2.40 bits per heavy atom. The molecule has 0 aromatic heterocycles. The molecule has 0 spiro atoms. The molecule has 0 N–H and O–H groups in total. The summed E-state index contributed by atoms with van der Waals surface area (Å²) in [5.41, 5.74) is 0. The lowest BCUT2D eigenvalue weighted by atomic mass is 10.1. The largest absolute Gasteiger partial charge is 0.258 e. The molecule has 10 heavy (non-hydrogen) atoms. The van der Waals surface area contributed by atoms with Gasteiger partial charge in [0.1, 0.15) is 4.75 Å². The molecule has 0 saturated carbocycles. The lowest BCUT2D eigenvalue weighted by molar-refractivity contribution is 0.660.